The lowest BCUT2D eigenvalue weighted by molar-refractivity contribution is -0.160. The molecule has 2 aromatic carbocycles. The highest BCUT2D eigenvalue weighted by molar-refractivity contribution is 7.94. The van der Waals surface area contributed by atoms with Gasteiger partial charge in [0.1, 0.15) is 0 Å². The fourth-order valence-corrected chi connectivity index (χ4v) is 3.05. The smallest absolute Gasteiger partial charge is 0.281 e. The van der Waals surface area contributed by atoms with Gasteiger partial charge in [0, 0.05) is 17.4 Å². The van der Waals surface area contributed by atoms with Crippen LogP contribution in [0.3, 0.4) is 0 Å². The summed E-state index contributed by atoms with van der Waals surface area (Å²) in [5, 5.41) is 0. The molecule has 0 aliphatic heterocycles. The lowest BCUT2D eigenvalue weighted by Crippen LogP contribution is -2.28. The molecule has 0 bridgehead atoms. The minimum Gasteiger partial charge on any atom is -0.281 e. The summed E-state index contributed by atoms with van der Waals surface area (Å²) in [6, 6.07) is 15.2. The highest BCUT2D eigenvalue weighted by atomic mass is 32.2. The van der Waals surface area contributed by atoms with Crippen LogP contribution in [0.1, 0.15) is 12.7 Å². The molecule has 2 N–H and O–H groups in total. The molecule has 0 fully saturated rings. The van der Waals surface area contributed by atoms with Crippen molar-refractivity contribution in [1.29, 1.82) is 0 Å². The summed E-state index contributed by atoms with van der Waals surface area (Å²) in [4.78, 5) is 24.0. The normalized spacial score (nSPS) is 11.3. The standard InChI is InChI=1S/C20H17F3N4O3S/c1-12(28)26-27-18-16(13-6-4-3-5-7-13)17(24-19(25-18)20(21,22)23)14-8-10-15(11-9-14)31-30-29-2/h3-11H,1-2H3,(H,26,28)(H,24,25,27). The van der Waals surface area contributed by atoms with E-state index in [9.17, 15) is 18.0 Å². The summed E-state index contributed by atoms with van der Waals surface area (Å²) < 4.78 is 45.4. The van der Waals surface area contributed by atoms with Gasteiger partial charge in [0.15, 0.2) is 5.82 Å². The minimum absolute atomic E-state index is 0.0468. The van der Waals surface area contributed by atoms with Gasteiger partial charge < -0.3 is 0 Å². The molecule has 0 radical (unpaired) electrons. The Labute approximate surface area is 180 Å². The first-order valence-corrected chi connectivity index (χ1v) is 9.58. The highest BCUT2D eigenvalue weighted by Crippen LogP contribution is 2.39. The van der Waals surface area contributed by atoms with E-state index in [2.05, 4.69) is 25.7 Å². The van der Waals surface area contributed by atoms with Crippen LogP contribution in [0.5, 0.6) is 0 Å². The van der Waals surface area contributed by atoms with Gasteiger partial charge in [-0.15, -0.1) is 0 Å². The molecule has 3 aromatic rings. The molecule has 0 atom stereocenters. The SMILES string of the molecule is COOSc1ccc(-c2nc(C(F)(F)F)nc(NNC(C)=O)c2-c2ccccc2)cc1. The largest absolute Gasteiger partial charge is 0.451 e. The van der Waals surface area contributed by atoms with Crippen LogP contribution in [0.15, 0.2) is 59.5 Å². The molecule has 31 heavy (non-hydrogen) atoms. The number of carbonyl (C=O) groups excluding carboxylic acids is 1. The number of carbonyl (C=O) groups is 1. The van der Waals surface area contributed by atoms with E-state index in [1.54, 1.807) is 54.6 Å². The molecule has 3 rings (SSSR count). The van der Waals surface area contributed by atoms with Crippen molar-refractivity contribution < 1.29 is 27.2 Å². The number of amides is 1. The van der Waals surface area contributed by atoms with Crippen molar-refractivity contribution in [2.45, 2.75) is 18.0 Å². The summed E-state index contributed by atoms with van der Waals surface area (Å²) in [6.07, 6.45) is -4.79. The first kappa shape index (κ1) is 22.5. The van der Waals surface area contributed by atoms with Crippen LogP contribution < -0.4 is 10.9 Å². The summed E-state index contributed by atoms with van der Waals surface area (Å²) in [5.74, 6) is -2.01. The van der Waals surface area contributed by atoms with E-state index in [4.69, 9.17) is 4.33 Å². The minimum atomic E-state index is -4.79. The predicted molar refractivity (Wildman–Crippen MR) is 109 cm³/mol. The second kappa shape index (κ2) is 9.77. The van der Waals surface area contributed by atoms with E-state index < -0.39 is 17.9 Å². The van der Waals surface area contributed by atoms with Crippen molar-refractivity contribution in [3.63, 3.8) is 0 Å². The Balaban J connectivity index is 2.21. The van der Waals surface area contributed by atoms with Gasteiger partial charge in [0.05, 0.1) is 30.4 Å². The van der Waals surface area contributed by atoms with Crippen molar-refractivity contribution in [3.8, 4) is 22.4 Å². The first-order valence-electron chi connectivity index (χ1n) is 8.84. The van der Waals surface area contributed by atoms with Crippen LogP contribution in [-0.4, -0.2) is 23.0 Å². The van der Waals surface area contributed by atoms with Crippen LogP contribution >= 0.6 is 12.0 Å². The van der Waals surface area contributed by atoms with E-state index in [0.717, 1.165) is 12.0 Å². The summed E-state index contributed by atoms with van der Waals surface area (Å²) in [7, 11) is 1.36. The van der Waals surface area contributed by atoms with Crippen molar-refractivity contribution in [2.75, 3.05) is 12.5 Å². The van der Waals surface area contributed by atoms with Crippen molar-refractivity contribution in [3.05, 3.63) is 60.4 Å². The quantitative estimate of drug-likeness (QED) is 0.302. The topological polar surface area (TPSA) is 85.4 Å². The molecule has 0 saturated carbocycles. The van der Waals surface area contributed by atoms with Gasteiger partial charge in [-0.25, -0.2) is 14.9 Å². The maximum atomic E-state index is 13.5. The van der Waals surface area contributed by atoms with Gasteiger partial charge in [-0.1, -0.05) is 42.5 Å². The highest BCUT2D eigenvalue weighted by Gasteiger charge is 2.37. The maximum Gasteiger partial charge on any atom is 0.451 e. The molecule has 7 nitrogen and oxygen atoms in total. The average Bonchev–Trinajstić information content (AvgIpc) is 2.76. The zero-order valence-electron chi connectivity index (χ0n) is 16.4. The monoisotopic (exact) mass is 450 g/mol. The third-order valence-electron chi connectivity index (χ3n) is 3.91. The fraction of sp³-hybridized carbons (Fsp3) is 0.150. The van der Waals surface area contributed by atoms with E-state index in [1.807, 2.05) is 0 Å². The number of alkyl halides is 3. The third-order valence-corrected chi connectivity index (χ3v) is 4.58. The molecule has 11 heteroatoms. The van der Waals surface area contributed by atoms with Gasteiger partial charge in [0.25, 0.3) is 0 Å². The zero-order chi connectivity index (χ0) is 22.4. The Morgan fingerprint density at radius 1 is 1.00 bits per heavy atom. The van der Waals surface area contributed by atoms with Crippen molar-refractivity contribution >= 4 is 23.8 Å². The lowest BCUT2D eigenvalue weighted by Gasteiger charge is -2.18. The number of hydrogen-bond acceptors (Lipinski definition) is 7. The molecule has 0 aliphatic carbocycles. The lowest BCUT2D eigenvalue weighted by atomic mass is 9.99. The Morgan fingerprint density at radius 2 is 1.68 bits per heavy atom. The molecule has 162 valence electrons. The summed E-state index contributed by atoms with van der Waals surface area (Å²) >= 11 is 0.952. The molecule has 0 unspecified atom stereocenters. The van der Waals surface area contributed by atoms with E-state index in [0.29, 0.717) is 21.6 Å². The van der Waals surface area contributed by atoms with Crippen LogP contribution in [0.4, 0.5) is 19.0 Å². The fourth-order valence-electron chi connectivity index (χ4n) is 2.65. The van der Waals surface area contributed by atoms with Gasteiger partial charge in [-0.2, -0.15) is 17.5 Å². The maximum absolute atomic E-state index is 13.5. The first-order chi connectivity index (χ1) is 14.8. The summed E-state index contributed by atoms with van der Waals surface area (Å²) in [5.41, 5.74) is 6.10. The molecule has 0 aliphatic rings. The number of anilines is 1. The second-order valence-corrected chi connectivity index (χ2v) is 6.91. The molecule has 1 aromatic heterocycles. The van der Waals surface area contributed by atoms with Crippen molar-refractivity contribution in [2.24, 2.45) is 0 Å². The van der Waals surface area contributed by atoms with Crippen LogP contribution in [-0.2, 0) is 20.2 Å². The Bertz CT molecular complexity index is 1050. The van der Waals surface area contributed by atoms with Gasteiger partial charge >= 0.3 is 6.18 Å². The number of nitrogens with zero attached hydrogens (tertiary/aromatic N) is 2. The molecular weight excluding hydrogens is 433 g/mol. The number of halogens is 3. The molecule has 1 amide bonds. The number of nitrogens with one attached hydrogen (secondary N) is 2. The number of hydrazine groups is 1. The number of benzene rings is 2. The molecular formula is C20H17F3N4O3S. The Morgan fingerprint density at radius 3 is 2.26 bits per heavy atom. The number of rotatable bonds is 7. The number of hydrogen-bond donors (Lipinski definition) is 2. The van der Waals surface area contributed by atoms with Crippen LogP contribution in [0, 0.1) is 0 Å². The van der Waals surface area contributed by atoms with E-state index in [1.165, 1.54) is 14.0 Å². The summed E-state index contributed by atoms with van der Waals surface area (Å²) in [6.45, 7) is 1.22. The molecule has 1 heterocycles. The van der Waals surface area contributed by atoms with Gasteiger partial charge in [-0.3, -0.25) is 15.6 Å². The van der Waals surface area contributed by atoms with Gasteiger partial charge in [-0.05, 0) is 17.7 Å². The second-order valence-electron chi connectivity index (χ2n) is 6.13. The van der Waals surface area contributed by atoms with Crippen LogP contribution in [0.25, 0.3) is 22.4 Å². The van der Waals surface area contributed by atoms with Crippen molar-refractivity contribution in [1.82, 2.24) is 15.4 Å². The van der Waals surface area contributed by atoms with Gasteiger partial charge in [0.2, 0.25) is 11.7 Å². The van der Waals surface area contributed by atoms with Crippen LogP contribution in [0.2, 0.25) is 0 Å². The Kier molecular flexibility index (Phi) is 7.10. The zero-order valence-corrected chi connectivity index (χ0v) is 17.2. The molecule has 0 saturated heterocycles. The Hall–Kier alpha value is -3.15. The number of aromatic nitrogens is 2. The predicted octanol–water partition coefficient (Wildman–Crippen LogP) is 4.88. The molecule has 0 spiro atoms. The van der Waals surface area contributed by atoms with E-state index in [-0.39, 0.29) is 11.5 Å². The van der Waals surface area contributed by atoms with E-state index >= 15 is 0 Å². The average molecular weight is 450 g/mol. The third kappa shape index (κ3) is 5.72.